The van der Waals surface area contributed by atoms with Crippen molar-refractivity contribution in [1.29, 1.82) is 0 Å². The quantitative estimate of drug-likeness (QED) is 0.641. The van der Waals surface area contributed by atoms with E-state index in [-0.39, 0.29) is 5.54 Å². The van der Waals surface area contributed by atoms with E-state index >= 15 is 0 Å². The molecular formula is C10H8BrN. The Balaban J connectivity index is 2.37. The molecule has 60 valence electrons. The summed E-state index contributed by atoms with van der Waals surface area (Å²) in [6.07, 6.45) is 2.05. The van der Waals surface area contributed by atoms with Gasteiger partial charge in [-0.3, -0.25) is 0 Å². The maximum absolute atomic E-state index is 7.07. The molecule has 0 amide bonds. The first-order valence-corrected chi connectivity index (χ1v) is 4.71. The summed E-state index contributed by atoms with van der Waals surface area (Å²) in [6.45, 7) is 7.07. The van der Waals surface area contributed by atoms with Crippen LogP contribution in [0.25, 0.3) is 4.85 Å². The minimum absolute atomic E-state index is 0.152. The van der Waals surface area contributed by atoms with Crippen LogP contribution in [0.3, 0.4) is 0 Å². The fraction of sp³-hybridized carbons (Fsp3) is 0.300. The Labute approximate surface area is 80.4 Å². The lowest BCUT2D eigenvalue weighted by molar-refractivity contribution is 0.884. The van der Waals surface area contributed by atoms with Crippen LogP contribution in [0.4, 0.5) is 0 Å². The third-order valence-corrected chi connectivity index (χ3v) is 2.85. The second-order valence-corrected chi connectivity index (χ2v) is 4.07. The van der Waals surface area contributed by atoms with Crippen molar-refractivity contribution in [1.82, 2.24) is 0 Å². The molecule has 2 heteroatoms. The van der Waals surface area contributed by atoms with Gasteiger partial charge >= 0.3 is 0 Å². The van der Waals surface area contributed by atoms with Gasteiger partial charge in [0.25, 0.3) is 5.54 Å². The average Bonchev–Trinajstić information content (AvgIpc) is 2.86. The molecule has 0 atom stereocenters. The Morgan fingerprint density at radius 3 is 2.25 bits per heavy atom. The first-order valence-electron chi connectivity index (χ1n) is 3.91. The normalized spacial score (nSPS) is 18.3. The Morgan fingerprint density at radius 2 is 1.83 bits per heavy atom. The number of benzene rings is 1. The number of hydrogen-bond donors (Lipinski definition) is 0. The summed E-state index contributed by atoms with van der Waals surface area (Å²) in [6, 6.07) is 8.07. The summed E-state index contributed by atoms with van der Waals surface area (Å²) in [7, 11) is 0. The maximum atomic E-state index is 7.07. The molecule has 1 aromatic carbocycles. The minimum Gasteiger partial charge on any atom is -0.305 e. The van der Waals surface area contributed by atoms with Gasteiger partial charge in [-0.05, 0) is 24.3 Å². The van der Waals surface area contributed by atoms with E-state index in [1.54, 1.807) is 0 Å². The number of nitrogens with zero attached hydrogens (tertiary/aromatic N) is 1. The molecule has 12 heavy (non-hydrogen) atoms. The molecule has 0 saturated heterocycles. The second kappa shape index (κ2) is 2.60. The highest BCUT2D eigenvalue weighted by Gasteiger charge is 2.52. The van der Waals surface area contributed by atoms with E-state index in [9.17, 15) is 0 Å². The van der Waals surface area contributed by atoms with Crippen LogP contribution in [0, 0.1) is 6.57 Å². The zero-order valence-electron chi connectivity index (χ0n) is 6.55. The minimum atomic E-state index is -0.152. The molecule has 0 unspecified atom stereocenters. The van der Waals surface area contributed by atoms with Gasteiger partial charge in [-0.2, -0.15) is 0 Å². The van der Waals surface area contributed by atoms with Gasteiger partial charge in [0.05, 0.1) is 0 Å². The van der Waals surface area contributed by atoms with Crippen LogP contribution in [0.2, 0.25) is 0 Å². The Bertz CT molecular complexity index is 330. The first kappa shape index (κ1) is 7.82. The van der Waals surface area contributed by atoms with E-state index in [4.69, 9.17) is 6.57 Å². The molecule has 0 radical (unpaired) electrons. The third kappa shape index (κ3) is 1.15. The van der Waals surface area contributed by atoms with Gasteiger partial charge in [0.2, 0.25) is 0 Å². The molecule has 1 aliphatic carbocycles. The van der Waals surface area contributed by atoms with E-state index in [0.717, 1.165) is 17.3 Å². The van der Waals surface area contributed by atoms with Crippen molar-refractivity contribution in [3.63, 3.8) is 0 Å². The van der Waals surface area contributed by atoms with Gasteiger partial charge in [-0.15, -0.1) is 0 Å². The highest BCUT2D eigenvalue weighted by Crippen LogP contribution is 2.49. The van der Waals surface area contributed by atoms with Crippen molar-refractivity contribution in [3.05, 3.63) is 45.7 Å². The van der Waals surface area contributed by atoms with E-state index in [1.165, 1.54) is 5.56 Å². The van der Waals surface area contributed by atoms with Gasteiger partial charge in [-0.25, -0.2) is 6.57 Å². The van der Waals surface area contributed by atoms with Crippen LogP contribution in [0.5, 0.6) is 0 Å². The Kier molecular flexibility index (Phi) is 1.69. The van der Waals surface area contributed by atoms with Crippen molar-refractivity contribution in [2.75, 3.05) is 0 Å². The van der Waals surface area contributed by atoms with E-state index in [1.807, 2.05) is 24.3 Å². The molecule has 1 fully saturated rings. The fourth-order valence-corrected chi connectivity index (χ4v) is 1.61. The largest absolute Gasteiger partial charge is 0.305 e. The maximum Gasteiger partial charge on any atom is 0.258 e. The van der Waals surface area contributed by atoms with E-state index in [2.05, 4.69) is 20.8 Å². The molecule has 1 aliphatic rings. The molecule has 1 aromatic rings. The molecule has 0 aromatic heterocycles. The lowest BCUT2D eigenvalue weighted by atomic mass is 10.1. The summed E-state index contributed by atoms with van der Waals surface area (Å²) in [5.74, 6) is 0. The van der Waals surface area contributed by atoms with Gasteiger partial charge < -0.3 is 4.85 Å². The van der Waals surface area contributed by atoms with Crippen LogP contribution in [-0.4, -0.2) is 0 Å². The van der Waals surface area contributed by atoms with Crippen molar-refractivity contribution in [3.8, 4) is 0 Å². The van der Waals surface area contributed by atoms with Crippen molar-refractivity contribution in [2.24, 2.45) is 0 Å². The summed E-state index contributed by atoms with van der Waals surface area (Å²) in [4.78, 5) is 3.67. The first-order chi connectivity index (χ1) is 5.77. The predicted molar refractivity (Wildman–Crippen MR) is 51.7 cm³/mol. The SMILES string of the molecule is [C-]#[N+]C1(c2ccc(Br)cc2)CC1. The monoisotopic (exact) mass is 221 g/mol. The molecule has 0 heterocycles. The van der Waals surface area contributed by atoms with Crippen LogP contribution in [0.15, 0.2) is 28.7 Å². The molecule has 1 nitrogen and oxygen atoms in total. The Hall–Kier alpha value is -0.810. The lowest BCUT2D eigenvalue weighted by Crippen LogP contribution is -1.98. The van der Waals surface area contributed by atoms with Crippen molar-refractivity contribution < 1.29 is 0 Å². The fourth-order valence-electron chi connectivity index (χ4n) is 1.34. The summed E-state index contributed by atoms with van der Waals surface area (Å²) >= 11 is 3.38. The number of rotatable bonds is 1. The average molecular weight is 222 g/mol. The van der Waals surface area contributed by atoms with Crippen LogP contribution in [-0.2, 0) is 5.54 Å². The number of hydrogen-bond acceptors (Lipinski definition) is 0. The lowest BCUT2D eigenvalue weighted by Gasteiger charge is -2.01. The van der Waals surface area contributed by atoms with E-state index in [0.29, 0.717) is 0 Å². The summed E-state index contributed by atoms with van der Waals surface area (Å²) in [5, 5.41) is 0. The van der Waals surface area contributed by atoms with Crippen molar-refractivity contribution >= 4 is 15.9 Å². The summed E-state index contributed by atoms with van der Waals surface area (Å²) in [5.41, 5.74) is 1.02. The van der Waals surface area contributed by atoms with Gasteiger partial charge in [0.1, 0.15) is 0 Å². The molecule has 2 rings (SSSR count). The molecule has 0 N–H and O–H groups in total. The zero-order valence-corrected chi connectivity index (χ0v) is 8.13. The zero-order chi connectivity index (χ0) is 8.60. The molecule has 1 saturated carbocycles. The standard InChI is InChI=1S/C10H8BrN/c1-12-10(6-7-10)8-2-4-9(11)5-3-8/h2-5H,6-7H2. The summed E-state index contributed by atoms with van der Waals surface area (Å²) < 4.78 is 1.08. The third-order valence-electron chi connectivity index (χ3n) is 2.32. The Morgan fingerprint density at radius 1 is 1.25 bits per heavy atom. The number of halogens is 1. The molecule has 0 spiro atoms. The van der Waals surface area contributed by atoms with Crippen LogP contribution in [0.1, 0.15) is 18.4 Å². The van der Waals surface area contributed by atoms with Crippen LogP contribution < -0.4 is 0 Å². The highest BCUT2D eigenvalue weighted by atomic mass is 79.9. The van der Waals surface area contributed by atoms with Crippen molar-refractivity contribution in [2.45, 2.75) is 18.4 Å². The van der Waals surface area contributed by atoms with Crippen LogP contribution >= 0.6 is 15.9 Å². The van der Waals surface area contributed by atoms with Gasteiger partial charge in [0, 0.05) is 22.9 Å². The molecular weight excluding hydrogens is 214 g/mol. The van der Waals surface area contributed by atoms with E-state index < -0.39 is 0 Å². The predicted octanol–water partition coefficient (Wildman–Crippen LogP) is 3.36. The smallest absolute Gasteiger partial charge is 0.258 e. The molecule has 0 bridgehead atoms. The topological polar surface area (TPSA) is 4.36 Å². The second-order valence-electron chi connectivity index (χ2n) is 3.15. The van der Waals surface area contributed by atoms with Gasteiger partial charge in [0.15, 0.2) is 0 Å². The molecule has 0 aliphatic heterocycles. The van der Waals surface area contributed by atoms with Gasteiger partial charge in [-0.1, -0.05) is 15.9 Å². The highest BCUT2D eigenvalue weighted by molar-refractivity contribution is 9.10.